The van der Waals surface area contributed by atoms with Crippen LogP contribution in [0.2, 0.25) is 0 Å². The van der Waals surface area contributed by atoms with E-state index in [1.807, 2.05) is 6.07 Å². The molecule has 0 bridgehead atoms. The summed E-state index contributed by atoms with van der Waals surface area (Å²) in [5, 5.41) is 28.4. The fourth-order valence-electron chi connectivity index (χ4n) is 2.14. The van der Waals surface area contributed by atoms with Crippen LogP contribution in [0, 0.1) is 13.7 Å². The van der Waals surface area contributed by atoms with Gasteiger partial charge in [0.25, 0.3) is 11.6 Å². The van der Waals surface area contributed by atoms with Crippen molar-refractivity contribution in [2.45, 2.75) is 0 Å². The van der Waals surface area contributed by atoms with Crippen LogP contribution >= 0.6 is 22.6 Å². The quantitative estimate of drug-likeness (QED) is 0.275. The van der Waals surface area contributed by atoms with Crippen LogP contribution in [0.3, 0.4) is 0 Å². The number of nitro benzene ring substituents is 1. The number of aromatic amines is 1. The summed E-state index contributed by atoms with van der Waals surface area (Å²) < 4.78 is 0.874. The van der Waals surface area contributed by atoms with E-state index in [0.717, 1.165) is 3.57 Å². The molecule has 3 rings (SSSR count). The maximum Gasteiger partial charge on any atom is 0.295 e. The number of rotatable bonds is 3. The highest BCUT2D eigenvalue weighted by molar-refractivity contribution is 14.1. The highest BCUT2D eigenvalue weighted by Gasteiger charge is 2.15. The molecule has 2 aromatic carbocycles. The van der Waals surface area contributed by atoms with E-state index in [4.69, 9.17) is 0 Å². The number of nitrogens with zero attached hydrogens (tertiary/aromatic N) is 3. The van der Waals surface area contributed by atoms with E-state index in [2.05, 4.69) is 37.8 Å². The first-order valence-corrected chi connectivity index (χ1v) is 7.74. The highest BCUT2D eigenvalue weighted by atomic mass is 127. The lowest BCUT2D eigenvalue weighted by molar-refractivity contribution is -0.384. The van der Waals surface area contributed by atoms with Crippen LogP contribution in [0.25, 0.3) is 10.9 Å². The number of non-ortho nitro benzene ring substituents is 1. The second-order valence-electron chi connectivity index (χ2n) is 4.82. The molecule has 0 aliphatic rings. The first-order chi connectivity index (χ1) is 11.5. The van der Waals surface area contributed by atoms with Crippen LogP contribution in [0.1, 0.15) is 10.4 Å². The number of azo groups is 1. The summed E-state index contributed by atoms with van der Waals surface area (Å²) in [6.07, 6.45) is 0. The summed E-state index contributed by atoms with van der Waals surface area (Å²) in [5.74, 6) is -0.891. The van der Waals surface area contributed by atoms with Crippen molar-refractivity contribution in [1.29, 1.82) is 0 Å². The number of aromatic hydroxyl groups is 1. The number of hydrogen-bond donors (Lipinski definition) is 2. The van der Waals surface area contributed by atoms with E-state index in [-0.39, 0.29) is 17.3 Å². The average molecular weight is 436 g/mol. The van der Waals surface area contributed by atoms with Crippen molar-refractivity contribution in [2.24, 2.45) is 10.2 Å². The zero-order valence-electron chi connectivity index (χ0n) is 11.9. The standard InChI is InChI=1S/C15H9IN4O4/c16-9-3-1-2-8(6-9)14(21)19-18-13-11-7-10(20(23)24)4-5-12(11)17-15(13)22/h1-7,17,22H. The zero-order chi connectivity index (χ0) is 17.3. The SMILES string of the molecule is O=C(N=Nc1c(O)[nH]c2ccc([N+](=O)[O-])cc12)c1cccc(I)c1. The molecule has 0 unspecified atom stereocenters. The van der Waals surface area contributed by atoms with Gasteiger partial charge in [0, 0.05) is 26.7 Å². The van der Waals surface area contributed by atoms with Crippen LogP contribution in [0.4, 0.5) is 11.4 Å². The summed E-state index contributed by atoms with van der Waals surface area (Å²) in [7, 11) is 0. The van der Waals surface area contributed by atoms with Gasteiger partial charge in [-0.05, 0) is 46.9 Å². The number of H-pyrrole nitrogens is 1. The molecule has 1 amide bonds. The number of amides is 1. The average Bonchev–Trinajstić information content (AvgIpc) is 2.87. The van der Waals surface area contributed by atoms with Gasteiger partial charge in [-0.15, -0.1) is 10.2 Å². The molecular formula is C15H9IN4O4. The maximum absolute atomic E-state index is 12.1. The predicted molar refractivity (Wildman–Crippen MR) is 94.6 cm³/mol. The number of hydrogen-bond acceptors (Lipinski definition) is 5. The van der Waals surface area contributed by atoms with Crippen molar-refractivity contribution in [1.82, 2.24) is 4.98 Å². The molecule has 2 N–H and O–H groups in total. The molecule has 0 saturated carbocycles. The van der Waals surface area contributed by atoms with E-state index in [0.29, 0.717) is 16.5 Å². The molecule has 0 saturated heterocycles. The first-order valence-electron chi connectivity index (χ1n) is 6.66. The van der Waals surface area contributed by atoms with Gasteiger partial charge in [-0.1, -0.05) is 6.07 Å². The van der Waals surface area contributed by atoms with Gasteiger partial charge in [0.1, 0.15) is 0 Å². The van der Waals surface area contributed by atoms with Crippen molar-refractivity contribution in [3.05, 3.63) is 61.7 Å². The fraction of sp³-hybridized carbons (Fsp3) is 0. The summed E-state index contributed by atoms with van der Waals surface area (Å²) in [6, 6.07) is 10.8. The number of carbonyl (C=O) groups excluding carboxylic acids is 1. The molecule has 8 nitrogen and oxygen atoms in total. The monoisotopic (exact) mass is 436 g/mol. The van der Waals surface area contributed by atoms with E-state index in [1.165, 1.54) is 18.2 Å². The Balaban J connectivity index is 1.99. The Kier molecular flexibility index (Phi) is 4.25. The topological polar surface area (TPSA) is 121 Å². The lowest BCUT2D eigenvalue weighted by Gasteiger charge is -1.96. The Morgan fingerprint density at radius 1 is 1.25 bits per heavy atom. The van der Waals surface area contributed by atoms with E-state index >= 15 is 0 Å². The molecule has 0 atom stereocenters. The molecular weight excluding hydrogens is 427 g/mol. The number of halogens is 1. The Bertz CT molecular complexity index is 996. The number of carbonyl (C=O) groups is 1. The molecule has 3 aromatic rings. The van der Waals surface area contributed by atoms with Gasteiger partial charge < -0.3 is 10.1 Å². The van der Waals surface area contributed by atoms with Gasteiger partial charge in [-0.25, -0.2) is 0 Å². The Morgan fingerprint density at radius 2 is 2.04 bits per heavy atom. The van der Waals surface area contributed by atoms with Gasteiger partial charge in [0.2, 0.25) is 5.88 Å². The van der Waals surface area contributed by atoms with Crippen molar-refractivity contribution in [3.8, 4) is 5.88 Å². The zero-order valence-corrected chi connectivity index (χ0v) is 14.1. The minimum Gasteiger partial charge on any atom is -0.493 e. The van der Waals surface area contributed by atoms with Gasteiger partial charge in [0.15, 0.2) is 5.69 Å². The van der Waals surface area contributed by atoms with Crippen LogP contribution in [-0.4, -0.2) is 20.9 Å². The van der Waals surface area contributed by atoms with Crippen LogP contribution in [0.5, 0.6) is 5.88 Å². The molecule has 0 aliphatic carbocycles. The number of nitrogens with one attached hydrogen (secondary N) is 1. The van der Waals surface area contributed by atoms with E-state index < -0.39 is 10.8 Å². The van der Waals surface area contributed by atoms with Crippen molar-refractivity contribution >= 4 is 50.8 Å². The predicted octanol–water partition coefficient (Wildman–Crippen LogP) is 4.31. The van der Waals surface area contributed by atoms with Gasteiger partial charge >= 0.3 is 0 Å². The normalized spacial score (nSPS) is 11.2. The Hall–Kier alpha value is -2.82. The van der Waals surface area contributed by atoms with Crippen LogP contribution < -0.4 is 0 Å². The highest BCUT2D eigenvalue weighted by Crippen LogP contribution is 2.37. The van der Waals surface area contributed by atoms with E-state index in [1.54, 1.807) is 18.2 Å². The third kappa shape index (κ3) is 3.11. The van der Waals surface area contributed by atoms with Gasteiger partial charge in [0.05, 0.1) is 10.4 Å². The molecule has 0 spiro atoms. The third-order valence-electron chi connectivity index (χ3n) is 3.26. The summed E-state index contributed by atoms with van der Waals surface area (Å²) in [5.41, 5.74) is 0.638. The molecule has 120 valence electrons. The van der Waals surface area contributed by atoms with E-state index in [9.17, 15) is 20.0 Å². The largest absolute Gasteiger partial charge is 0.493 e. The third-order valence-corrected chi connectivity index (χ3v) is 3.93. The number of fused-ring (bicyclic) bond motifs is 1. The van der Waals surface area contributed by atoms with Gasteiger partial charge in [-0.3, -0.25) is 14.9 Å². The number of nitro groups is 1. The summed E-state index contributed by atoms with van der Waals surface area (Å²) in [6.45, 7) is 0. The van der Waals surface area contributed by atoms with Crippen LogP contribution in [0.15, 0.2) is 52.7 Å². The number of benzene rings is 2. The molecule has 1 aromatic heterocycles. The number of aromatic nitrogens is 1. The lowest BCUT2D eigenvalue weighted by Crippen LogP contribution is -1.93. The minimum absolute atomic E-state index is 0.0207. The molecule has 0 aliphatic heterocycles. The Morgan fingerprint density at radius 3 is 2.75 bits per heavy atom. The van der Waals surface area contributed by atoms with Crippen LogP contribution in [-0.2, 0) is 0 Å². The molecule has 9 heteroatoms. The lowest BCUT2D eigenvalue weighted by atomic mass is 10.2. The smallest absolute Gasteiger partial charge is 0.295 e. The van der Waals surface area contributed by atoms with Crippen molar-refractivity contribution < 1.29 is 14.8 Å². The van der Waals surface area contributed by atoms with Gasteiger partial charge in [-0.2, -0.15) is 0 Å². The maximum atomic E-state index is 12.1. The summed E-state index contributed by atoms with van der Waals surface area (Å²) in [4.78, 5) is 25.0. The molecule has 0 fully saturated rings. The Labute approximate surface area is 148 Å². The van der Waals surface area contributed by atoms with Crippen molar-refractivity contribution in [2.75, 3.05) is 0 Å². The second-order valence-corrected chi connectivity index (χ2v) is 6.07. The minimum atomic E-state index is -0.576. The summed E-state index contributed by atoms with van der Waals surface area (Å²) >= 11 is 2.07. The fourth-order valence-corrected chi connectivity index (χ4v) is 2.68. The molecule has 24 heavy (non-hydrogen) atoms. The first kappa shape index (κ1) is 16.1. The molecule has 0 radical (unpaired) electrons. The molecule has 1 heterocycles. The van der Waals surface area contributed by atoms with Crippen molar-refractivity contribution in [3.63, 3.8) is 0 Å². The second kappa shape index (κ2) is 6.35.